The van der Waals surface area contributed by atoms with Crippen molar-refractivity contribution in [1.29, 1.82) is 0 Å². The van der Waals surface area contributed by atoms with E-state index in [-0.39, 0.29) is 0 Å². The van der Waals surface area contributed by atoms with Crippen LogP contribution in [0, 0.1) is 29.4 Å². The maximum atomic E-state index is 13.4. The minimum atomic E-state index is -0.730. The predicted molar refractivity (Wildman–Crippen MR) is 101 cm³/mol. The van der Waals surface area contributed by atoms with Crippen LogP contribution >= 0.6 is 0 Å². The van der Waals surface area contributed by atoms with Gasteiger partial charge in [0.25, 0.3) is 0 Å². The summed E-state index contributed by atoms with van der Waals surface area (Å²) in [6.45, 7) is 2.31. The normalized spacial score (nSPS) is 30.4. The van der Waals surface area contributed by atoms with Gasteiger partial charge in [0.15, 0.2) is 11.6 Å². The fourth-order valence-corrected chi connectivity index (χ4v) is 5.24. The van der Waals surface area contributed by atoms with Gasteiger partial charge in [-0.25, -0.2) is 8.78 Å². The van der Waals surface area contributed by atoms with E-state index < -0.39 is 11.6 Å². The zero-order valence-electron chi connectivity index (χ0n) is 15.8. The minimum absolute atomic E-state index is 0.427. The molecule has 1 aromatic rings. The van der Waals surface area contributed by atoms with Gasteiger partial charge in [0.2, 0.25) is 0 Å². The highest BCUT2D eigenvalue weighted by molar-refractivity contribution is 5.22. The Morgan fingerprint density at radius 1 is 0.720 bits per heavy atom. The standard InChI is InChI=1S/C23H34F2/c1-2-3-17-4-6-18(7-5-17)8-9-19-10-12-20(13-11-19)21-14-15-22(24)23(25)16-21/h14-20H,2-13H2,1H3. The summed E-state index contributed by atoms with van der Waals surface area (Å²) in [6, 6.07) is 4.47. The molecule has 2 saturated carbocycles. The highest BCUT2D eigenvalue weighted by Gasteiger charge is 2.25. The van der Waals surface area contributed by atoms with Crippen molar-refractivity contribution in [3.05, 3.63) is 35.4 Å². The van der Waals surface area contributed by atoms with Crippen LogP contribution in [0.5, 0.6) is 0 Å². The lowest BCUT2D eigenvalue weighted by molar-refractivity contribution is 0.224. The van der Waals surface area contributed by atoms with E-state index in [0.717, 1.165) is 36.2 Å². The molecule has 0 radical (unpaired) electrons. The lowest BCUT2D eigenvalue weighted by Crippen LogP contribution is -2.17. The van der Waals surface area contributed by atoms with Gasteiger partial charge in [0.05, 0.1) is 0 Å². The largest absolute Gasteiger partial charge is 0.204 e. The molecule has 0 atom stereocenters. The molecule has 140 valence electrons. The highest BCUT2D eigenvalue weighted by Crippen LogP contribution is 2.40. The first kappa shape index (κ1) is 18.9. The van der Waals surface area contributed by atoms with Crippen molar-refractivity contribution < 1.29 is 8.78 Å². The Balaban J connectivity index is 1.37. The summed E-state index contributed by atoms with van der Waals surface area (Å²) in [5, 5.41) is 0. The SMILES string of the molecule is CCCC1CCC(CCC2CCC(c3ccc(F)c(F)c3)CC2)CC1. The fraction of sp³-hybridized carbons (Fsp3) is 0.739. The van der Waals surface area contributed by atoms with Gasteiger partial charge in [-0.3, -0.25) is 0 Å². The Bertz CT molecular complexity index is 523. The molecule has 0 saturated heterocycles. The molecule has 0 heterocycles. The molecule has 0 aromatic heterocycles. The molecule has 0 aliphatic heterocycles. The Hall–Kier alpha value is -0.920. The van der Waals surface area contributed by atoms with E-state index in [1.54, 1.807) is 6.07 Å². The molecule has 25 heavy (non-hydrogen) atoms. The van der Waals surface area contributed by atoms with Crippen molar-refractivity contribution in [3.63, 3.8) is 0 Å². The zero-order valence-corrected chi connectivity index (χ0v) is 15.8. The van der Waals surface area contributed by atoms with Crippen molar-refractivity contribution >= 4 is 0 Å². The summed E-state index contributed by atoms with van der Waals surface area (Å²) in [6.07, 6.45) is 16.2. The predicted octanol–water partition coefficient (Wildman–Crippen LogP) is 7.63. The van der Waals surface area contributed by atoms with Crippen LogP contribution < -0.4 is 0 Å². The van der Waals surface area contributed by atoms with Gasteiger partial charge in [0, 0.05) is 0 Å². The molecule has 0 spiro atoms. The molecule has 3 rings (SSSR count). The van der Waals surface area contributed by atoms with Gasteiger partial charge in [-0.05, 0) is 67.1 Å². The molecule has 2 heteroatoms. The average Bonchev–Trinajstić information content (AvgIpc) is 2.64. The van der Waals surface area contributed by atoms with Gasteiger partial charge >= 0.3 is 0 Å². The smallest absolute Gasteiger partial charge is 0.159 e. The summed E-state index contributed by atoms with van der Waals surface area (Å²) < 4.78 is 26.5. The molecule has 0 N–H and O–H groups in total. The molecule has 0 amide bonds. The molecule has 2 aliphatic rings. The van der Waals surface area contributed by atoms with Crippen molar-refractivity contribution in [3.8, 4) is 0 Å². The van der Waals surface area contributed by atoms with Crippen LogP contribution in [-0.2, 0) is 0 Å². The van der Waals surface area contributed by atoms with E-state index in [1.165, 1.54) is 76.3 Å². The van der Waals surface area contributed by atoms with Gasteiger partial charge < -0.3 is 0 Å². The Labute approximate surface area is 152 Å². The van der Waals surface area contributed by atoms with Crippen LogP contribution in [0.4, 0.5) is 8.78 Å². The van der Waals surface area contributed by atoms with E-state index in [4.69, 9.17) is 0 Å². The first-order valence-electron chi connectivity index (χ1n) is 10.6. The van der Waals surface area contributed by atoms with Crippen LogP contribution in [0.3, 0.4) is 0 Å². The number of benzene rings is 1. The van der Waals surface area contributed by atoms with E-state index >= 15 is 0 Å². The van der Waals surface area contributed by atoms with Crippen molar-refractivity contribution in [1.82, 2.24) is 0 Å². The second kappa shape index (κ2) is 9.14. The van der Waals surface area contributed by atoms with Crippen LogP contribution in [0.15, 0.2) is 18.2 Å². The quantitative estimate of drug-likeness (QED) is 0.496. The second-order valence-corrected chi connectivity index (χ2v) is 8.64. The summed E-state index contributed by atoms with van der Waals surface area (Å²) in [5.41, 5.74) is 0.992. The third-order valence-electron chi connectivity index (χ3n) is 6.91. The van der Waals surface area contributed by atoms with E-state index in [0.29, 0.717) is 5.92 Å². The van der Waals surface area contributed by atoms with Crippen LogP contribution in [0.2, 0.25) is 0 Å². The maximum Gasteiger partial charge on any atom is 0.159 e. The van der Waals surface area contributed by atoms with Crippen LogP contribution in [0.1, 0.15) is 95.5 Å². The summed E-state index contributed by atoms with van der Waals surface area (Å²) in [7, 11) is 0. The topological polar surface area (TPSA) is 0 Å². The summed E-state index contributed by atoms with van der Waals surface area (Å²) in [5.74, 6) is 1.83. The van der Waals surface area contributed by atoms with Crippen molar-refractivity contribution in [2.24, 2.45) is 17.8 Å². The van der Waals surface area contributed by atoms with Crippen molar-refractivity contribution in [2.45, 2.75) is 89.9 Å². The molecule has 2 aliphatic carbocycles. The van der Waals surface area contributed by atoms with Gasteiger partial charge in [-0.2, -0.15) is 0 Å². The fourth-order valence-electron chi connectivity index (χ4n) is 5.24. The van der Waals surface area contributed by atoms with E-state index in [9.17, 15) is 8.78 Å². The average molecular weight is 349 g/mol. The Morgan fingerprint density at radius 3 is 1.76 bits per heavy atom. The van der Waals surface area contributed by atoms with Gasteiger partial charge in [-0.1, -0.05) is 64.4 Å². The first-order chi connectivity index (χ1) is 12.2. The number of rotatable bonds is 6. The molecule has 0 bridgehead atoms. The molecular weight excluding hydrogens is 314 g/mol. The number of hydrogen-bond acceptors (Lipinski definition) is 0. The Kier molecular flexibility index (Phi) is 6.90. The molecule has 0 nitrogen and oxygen atoms in total. The lowest BCUT2D eigenvalue weighted by Gasteiger charge is -2.32. The summed E-state index contributed by atoms with van der Waals surface area (Å²) >= 11 is 0. The minimum Gasteiger partial charge on any atom is -0.204 e. The Morgan fingerprint density at radius 2 is 1.24 bits per heavy atom. The van der Waals surface area contributed by atoms with E-state index in [2.05, 4.69) is 6.92 Å². The van der Waals surface area contributed by atoms with Gasteiger partial charge in [-0.15, -0.1) is 0 Å². The highest BCUT2D eigenvalue weighted by atomic mass is 19.2. The third-order valence-corrected chi connectivity index (χ3v) is 6.91. The van der Waals surface area contributed by atoms with Crippen LogP contribution in [-0.4, -0.2) is 0 Å². The molecule has 1 aromatic carbocycles. The molecular formula is C23H34F2. The second-order valence-electron chi connectivity index (χ2n) is 8.64. The maximum absolute atomic E-state index is 13.4. The number of halogens is 2. The lowest BCUT2D eigenvalue weighted by atomic mass is 9.74. The monoisotopic (exact) mass is 348 g/mol. The third kappa shape index (κ3) is 5.28. The summed E-state index contributed by atoms with van der Waals surface area (Å²) in [4.78, 5) is 0. The number of hydrogen-bond donors (Lipinski definition) is 0. The first-order valence-corrected chi connectivity index (χ1v) is 10.6. The molecule has 2 fully saturated rings. The van der Waals surface area contributed by atoms with Crippen LogP contribution in [0.25, 0.3) is 0 Å². The van der Waals surface area contributed by atoms with E-state index in [1.807, 2.05) is 0 Å². The van der Waals surface area contributed by atoms with Crippen molar-refractivity contribution in [2.75, 3.05) is 0 Å². The molecule has 0 unspecified atom stereocenters. The zero-order chi connectivity index (χ0) is 17.6. The van der Waals surface area contributed by atoms with Gasteiger partial charge in [0.1, 0.15) is 0 Å².